The Kier molecular flexibility index (Phi) is 3.25. The van der Waals surface area contributed by atoms with Crippen molar-refractivity contribution >= 4 is 28.5 Å². The highest BCUT2D eigenvalue weighted by atomic mass is 127. The molecule has 15 heavy (non-hydrogen) atoms. The molecule has 0 radical (unpaired) electrons. The first-order chi connectivity index (χ1) is 7.15. The number of rotatable bonds is 2. The van der Waals surface area contributed by atoms with E-state index in [2.05, 4.69) is 27.9 Å². The van der Waals surface area contributed by atoms with E-state index in [-0.39, 0.29) is 18.0 Å². The van der Waals surface area contributed by atoms with Crippen LogP contribution in [0, 0.1) is 3.57 Å². The number of carbonyl (C=O) groups is 1. The number of hydrogen-bond acceptors (Lipinski definition) is 2. The first-order valence-electron chi connectivity index (χ1n) is 4.97. The number of nitrogens with one attached hydrogen (secondary N) is 1. The fourth-order valence-corrected chi connectivity index (χ4v) is 2.01. The second kappa shape index (κ2) is 4.49. The molecule has 4 heteroatoms. The van der Waals surface area contributed by atoms with Crippen molar-refractivity contribution in [1.82, 2.24) is 5.32 Å². The molecule has 0 atom stereocenters. The third kappa shape index (κ3) is 2.69. The minimum atomic E-state index is 0.00306. The van der Waals surface area contributed by atoms with E-state index in [1.165, 1.54) is 0 Å². The lowest BCUT2D eigenvalue weighted by Gasteiger charge is -2.32. The summed E-state index contributed by atoms with van der Waals surface area (Å²) >= 11 is 2.22. The van der Waals surface area contributed by atoms with Crippen LogP contribution in [0.5, 0.6) is 0 Å². The smallest absolute Gasteiger partial charge is 0.251 e. The lowest BCUT2D eigenvalue weighted by molar-refractivity contribution is 0.0910. The summed E-state index contributed by atoms with van der Waals surface area (Å²) in [5, 5.41) is 2.96. The normalized spacial score (nSPS) is 24.4. The first-order valence-corrected chi connectivity index (χ1v) is 6.05. The molecule has 3 nitrogen and oxygen atoms in total. The topological polar surface area (TPSA) is 55.1 Å². The van der Waals surface area contributed by atoms with E-state index in [0.717, 1.165) is 22.0 Å². The Balaban J connectivity index is 1.93. The van der Waals surface area contributed by atoms with Gasteiger partial charge < -0.3 is 11.1 Å². The molecule has 2 rings (SSSR count). The molecule has 3 N–H and O–H groups in total. The van der Waals surface area contributed by atoms with Crippen molar-refractivity contribution in [3.8, 4) is 0 Å². The summed E-state index contributed by atoms with van der Waals surface area (Å²) in [5.41, 5.74) is 6.37. The van der Waals surface area contributed by atoms with Crippen LogP contribution in [0.1, 0.15) is 23.2 Å². The Morgan fingerprint density at radius 3 is 2.47 bits per heavy atom. The first kappa shape index (κ1) is 10.9. The summed E-state index contributed by atoms with van der Waals surface area (Å²) in [4.78, 5) is 11.7. The fraction of sp³-hybridized carbons (Fsp3) is 0.364. The van der Waals surface area contributed by atoms with E-state index in [0.29, 0.717) is 0 Å². The summed E-state index contributed by atoms with van der Waals surface area (Å²) in [5.74, 6) is 0.00306. The van der Waals surface area contributed by atoms with Crippen molar-refractivity contribution in [2.45, 2.75) is 24.9 Å². The molecule has 1 aromatic carbocycles. The van der Waals surface area contributed by atoms with Gasteiger partial charge in [-0.2, -0.15) is 0 Å². The van der Waals surface area contributed by atoms with E-state index in [4.69, 9.17) is 5.73 Å². The van der Waals surface area contributed by atoms with Crippen LogP contribution in [-0.2, 0) is 0 Å². The van der Waals surface area contributed by atoms with Crippen LogP contribution >= 0.6 is 22.6 Å². The molecular formula is C11H13IN2O. The summed E-state index contributed by atoms with van der Waals surface area (Å²) in [6, 6.07) is 8.09. The van der Waals surface area contributed by atoms with Crippen molar-refractivity contribution in [1.29, 1.82) is 0 Å². The lowest BCUT2D eigenvalue weighted by Crippen LogP contribution is -2.50. The van der Waals surface area contributed by atoms with Gasteiger partial charge >= 0.3 is 0 Å². The Morgan fingerprint density at radius 2 is 1.93 bits per heavy atom. The van der Waals surface area contributed by atoms with Crippen molar-refractivity contribution in [2.75, 3.05) is 0 Å². The van der Waals surface area contributed by atoms with Crippen LogP contribution in [-0.4, -0.2) is 18.0 Å². The van der Waals surface area contributed by atoms with Gasteiger partial charge in [-0.05, 0) is 59.7 Å². The van der Waals surface area contributed by atoms with Crippen molar-refractivity contribution in [2.24, 2.45) is 5.73 Å². The van der Waals surface area contributed by atoms with Crippen LogP contribution in [0.4, 0.5) is 0 Å². The SMILES string of the molecule is NC1CC(NC(=O)c2ccc(I)cc2)C1. The maximum atomic E-state index is 11.7. The van der Waals surface area contributed by atoms with Crippen LogP contribution in [0.15, 0.2) is 24.3 Å². The third-order valence-electron chi connectivity index (χ3n) is 2.62. The van der Waals surface area contributed by atoms with Gasteiger partial charge in [0.15, 0.2) is 0 Å². The molecule has 1 amide bonds. The molecule has 0 saturated heterocycles. The average molecular weight is 316 g/mol. The van der Waals surface area contributed by atoms with E-state index < -0.39 is 0 Å². The van der Waals surface area contributed by atoms with Gasteiger partial charge in [-0.25, -0.2) is 0 Å². The molecule has 1 aliphatic carbocycles. The zero-order valence-electron chi connectivity index (χ0n) is 8.24. The number of halogens is 1. The van der Waals surface area contributed by atoms with Gasteiger partial charge in [0.2, 0.25) is 0 Å². The quantitative estimate of drug-likeness (QED) is 0.813. The maximum absolute atomic E-state index is 11.7. The van der Waals surface area contributed by atoms with Gasteiger partial charge in [0.1, 0.15) is 0 Å². The van der Waals surface area contributed by atoms with Gasteiger partial charge in [-0.15, -0.1) is 0 Å². The molecule has 1 saturated carbocycles. The zero-order chi connectivity index (χ0) is 10.8. The van der Waals surface area contributed by atoms with Gasteiger partial charge in [-0.1, -0.05) is 0 Å². The molecule has 0 aliphatic heterocycles. The van der Waals surface area contributed by atoms with Crippen LogP contribution in [0.2, 0.25) is 0 Å². The number of amides is 1. The standard InChI is InChI=1S/C11H13IN2O/c12-8-3-1-7(2-4-8)11(15)14-10-5-9(13)6-10/h1-4,9-10H,5-6,13H2,(H,14,15). The molecule has 1 fully saturated rings. The largest absolute Gasteiger partial charge is 0.349 e. The number of hydrogen-bond donors (Lipinski definition) is 2. The Bertz CT molecular complexity index is 357. The van der Waals surface area contributed by atoms with Gasteiger partial charge in [0, 0.05) is 21.2 Å². The second-order valence-corrected chi connectivity index (χ2v) is 5.15. The van der Waals surface area contributed by atoms with Gasteiger partial charge in [0.05, 0.1) is 0 Å². The van der Waals surface area contributed by atoms with E-state index >= 15 is 0 Å². The predicted octanol–water partition coefficient (Wildman–Crippen LogP) is 1.51. The number of benzene rings is 1. The Hall–Kier alpha value is -0.620. The van der Waals surface area contributed by atoms with Crippen molar-refractivity contribution < 1.29 is 4.79 Å². The van der Waals surface area contributed by atoms with Crippen LogP contribution in [0.25, 0.3) is 0 Å². The molecule has 80 valence electrons. The zero-order valence-corrected chi connectivity index (χ0v) is 10.4. The van der Waals surface area contributed by atoms with E-state index in [1.54, 1.807) is 0 Å². The number of nitrogens with two attached hydrogens (primary N) is 1. The highest BCUT2D eigenvalue weighted by Gasteiger charge is 2.27. The molecule has 1 aliphatic rings. The average Bonchev–Trinajstić information content (AvgIpc) is 2.16. The highest BCUT2D eigenvalue weighted by Crippen LogP contribution is 2.18. The van der Waals surface area contributed by atoms with E-state index in [9.17, 15) is 4.79 Å². The van der Waals surface area contributed by atoms with Crippen LogP contribution in [0.3, 0.4) is 0 Å². The Morgan fingerprint density at radius 1 is 1.33 bits per heavy atom. The van der Waals surface area contributed by atoms with E-state index in [1.807, 2.05) is 24.3 Å². The van der Waals surface area contributed by atoms with Crippen molar-refractivity contribution in [3.63, 3.8) is 0 Å². The summed E-state index contributed by atoms with van der Waals surface area (Å²) < 4.78 is 1.13. The third-order valence-corrected chi connectivity index (χ3v) is 3.34. The molecule has 1 aromatic rings. The minimum Gasteiger partial charge on any atom is -0.349 e. The maximum Gasteiger partial charge on any atom is 0.251 e. The molecule has 0 unspecified atom stereocenters. The van der Waals surface area contributed by atoms with Gasteiger partial charge in [-0.3, -0.25) is 4.79 Å². The molecule has 0 heterocycles. The highest BCUT2D eigenvalue weighted by molar-refractivity contribution is 14.1. The molecular weight excluding hydrogens is 303 g/mol. The minimum absolute atomic E-state index is 0.00306. The Labute approximate surface area is 103 Å². The predicted molar refractivity (Wildman–Crippen MR) is 67.6 cm³/mol. The fourth-order valence-electron chi connectivity index (χ4n) is 1.65. The van der Waals surface area contributed by atoms with Crippen molar-refractivity contribution in [3.05, 3.63) is 33.4 Å². The number of carbonyl (C=O) groups excluding carboxylic acids is 1. The molecule has 0 bridgehead atoms. The second-order valence-electron chi connectivity index (χ2n) is 3.91. The lowest BCUT2D eigenvalue weighted by atomic mass is 9.87. The molecule has 0 spiro atoms. The van der Waals surface area contributed by atoms with Crippen LogP contribution < -0.4 is 11.1 Å². The van der Waals surface area contributed by atoms with Gasteiger partial charge in [0.25, 0.3) is 5.91 Å². The monoisotopic (exact) mass is 316 g/mol. The summed E-state index contributed by atoms with van der Waals surface area (Å²) in [6.45, 7) is 0. The summed E-state index contributed by atoms with van der Waals surface area (Å²) in [7, 11) is 0. The molecule has 0 aromatic heterocycles. The summed E-state index contributed by atoms with van der Waals surface area (Å²) in [6.07, 6.45) is 1.80.